The fourth-order valence-electron chi connectivity index (χ4n) is 4.68. The van der Waals surface area contributed by atoms with Gasteiger partial charge in [-0.3, -0.25) is 0 Å². The van der Waals surface area contributed by atoms with Crippen LogP contribution < -0.4 is 0 Å². The van der Waals surface area contributed by atoms with Crippen molar-refractivity contribution in [3.8, 4) is 0 Å². The second-order valence-corrected chi connectivity index (χ2v) is 7.43. The molecule has 1 spiro atoms. The maximum atomic E-state index is 2.48. The van der Waals surface area contributed by atoms with Crippen LogP contribution >= 0.6 is 12.4 Å². The summed E-state index contributed by atoms with van der Waals surface area (Å²) < 4.78 is 0. The highest BCUT2D eigenvalue weighted by Crippen LogP contribution is 2.52. The molecule has 1 nitrogen and oxygen atoms in total. The van der Waals surface area contributed by atoms with Crippen molar-refractivity contribution in [2.24, 2.45) is 5.41 Å². The highest BCUT2D eigenvalue weighted by molar-refractivity contribution is 5.85. The van der Waals surface area contributed by atoms with Crippen molar-refractivity contribution in [3.63, 3.8) is 0 Å². The SMILES string of the molecule is CN(C)C1CC(c2ccccc2)CC2(CCCCC2)C1.Cl. The molecule has 0 aromatic heterocycles. The molecule has 0 radical (unpaired) electrons. The van der Waals surface area contributed by atoms with Crippen LogP contribution in [0.4, 0.5) is 0 Å². The van der Waals surface area contributed by atoms with E-state index in [1.807, 2.05) is 0 Å². The van der Waals surface area contributed by atoms with Gasteiger partial charge in [0.25, 0.3) is 0 Å². The molecule has 2 saturated carbocycles. The van der Waals surface area contributed by atoms with Crippen molar-refractivity contribution >= 4 is 12.4 Å². The van der Waals surface area contributed by atoms with Gasteiger partial charge in [-0.2, -0.15) is 0 Å². The van der Waals surface area contributed by atoms with Gasteiger partial charge in [0.15, 0.2) is 0 Å². The molecule has 1 aromatic rings. The van der Waals surface area contributed by atoms with Crippen molar-refractivity contribution < 1.29 is 0 Å². The van der Waals surface area contributed by atoms with Crippen molar-refractivity contribution in [1.29, 1.82) is 0 Å². The average Bonchev–Trinajstić information content (AvgIpc) is 2.48. The summed E-state index contributed by atoms with van der Waals surface area (Å²) in [4.78, 5) is 2.48. The summed E-state index contributed by atoms with van der Waals surface area (Å²) in [5, 5.41) is 0. The first kappa shape index (κ1) is 16.8. The standard InChI is InChI=1S/C19H29N.ClH/c1-20(2)18-13-17(16-9-5-3-6-10-16)14-19(15-18)11-7-4-8-12-19;/h3,5-6,9-10,17-18H,4,7-8,11-15H2,1-2H3;1H. The van der Waals surface area contributed by atoms with Gasteiger partial charge < -0.3 is 4.90 Å². The van der Waals surface area contributed by atoms with Crippen molar-refractivity contribution in [2.45, 2.75) is 63.3 Å². The molecule has 2 atom stereocenters. The van der Waals surface area contributed by atoms with E-state index in [1.165, 1.54) is 51.4 Å². The van der Waals surface area contributed by atoms with Crippen LogP contribution in [0.5, 0.6) is 0 Å². The van der Waals surface area contributed by atoms with E-state index in [4.69, 9.17) is 0 Å². The van der Waals surface area contributed by atoms with Crippen LogP contribution in [-0.2, 0) is 0 Å². The second-order valence-electron chi connectivity index (χ2n) is 7.43. The molecular formula is C19H30ClN. The molecule has 0 amide bonds. The average molecular weight is 308 g/mol. The number of rotatable bonds is 2. The third-order valence-corrected chi connectivity index (χ3v) is 5.82. The Morgan fingerprint density at radius 2 is 1.62 bits per heavy atom. The fraction of sp³-hybridized carbons (Fsp3) is 0.684. The first-order chi connectivity index (χ1) is 9.69. The Hall–Kier alpha value is -0.530. The Kier molecular flexibility index (Phi) is 5.73. The molecule has 2 aliphatic rings. The lowest BCUT2D eigenvalue weighted by Gasteiger charge is -2.48. The first-order valence-electron chi connectivity index (χ1n) is 8.40. The van der Waals surface area contributed by atoms with Crippen molar-refractivity contribution in [2.75, 3.05) is 14.1 Å². The van der Waals surface area contributed by atoms with Gasteiger partial charge in [0, 0.05) is 6.04 Å². The molecule has 2 aliphatic carbocycles. The zero-order valence-electron chi connectivity index (χ0n) is 13.6. The smallest absolute Gasteiger partial charge is 0.0100 e. The number of benzene rings is 1. The number of hydrogen-bond acceptors (Lipinski definition) is 1. The largest absolute Gasteiger partial charge is 0.306 e. The van der Waals surface area contributed by atoms with E-state index >= 15 is 0 Å². The number of hydrogen-bond donors (Lipinski definition) is 0. The van der Waals surface area contributed by atoms with E-state index in [1.54, 1.807) is 5.56 Å². The maximum Gasteiger partial charge on any atom is 0.0100 e. The molecule has 118 valence electrons. The molecule has 1 aromatic carbocycles. The monoisotopic (exact) mass is 307 g/mol. The summed E-state index contributed by atoms with van der Waals surface area (Å²) in [6.07, 6.45) is 11.5. The van der Waals surface area contributed by atoms with Crippen LogP contribution in [0.25, 0.3) is 0 Å². The topological polar surface area (TPSA) is 3.24 Å². The van der Waals surface area contributed by atoms with E-state index < -0.39 is 0 Å². The van der Waals surface area contributed by atoms with Crippen LogP contribution in [0.2, 0.25) is 0 Å². The van der Waals surface area contributed by atoms with E-state index in [2.05, 4.69) is 49.3 Å². The number of halogens is 1. The molecule has 2 fully saturated rings. The molecule has 0 heterocycles. The van der Waals surface area contributed by atoms with Crippen molar-refractivity contribution in [3.05, 3.63) is 35.9 Å². The van der Waals surface area contributed by atoms with Crippen LogP contribution in [0.15, 0.2) is 30.3 Å². The maximum absolute atomic E-state index is 2.48. The van der Waals surface area contributed by atoms with Gasteiger partial charge in [-0.25, -0.2) is 0 Å². The fourth-order valence-corrected chi connectivity index (χ4v) is 4.68. The Balaban J connectivity index is 0.00000161. The van der Waals surface area contributed by atoms with Crippen LogP contribution in [0.3, 0.4) is 0 Å². The molecule has 21 heavy (non-hydrogen) atoms. The van der Waals surface area contributed by atoms with E-state index in [0.29, 0.717) is 5.41 Å². The third-order valence-electron chi connectivity index (χ3n) is 5.82. The van der Waals surface area contributed by atoms with Crippen LogP contribution in [0, 0.1) is 5.41 Å². The quantitative estimate of drug-likeness (QED) is 0.720. The summed E-state index contributed by atoms with van der Waals surface area (Å²) in [6.45, 7) is 0. The van der Waals surface area contributed by atoms with Gasteiger partial charge in [0.2, 0.25) is 0 Å². The van der Waals surface area contributed by atoms with Crippen LogP contribution in [-0.4, -0.2) is 25.0 Å². The first-order valence-corrected chi connectivity index (χ1v) is 8.40. The highest BCUT2D eigenvalue weighted by atomic mass is 35.5. The molecule has 2 unspecified atom stereocenters. The van der Waals surface area contributed by atoms with E-state index in [-0.39, 0.29) is 12.4 Å². The predicted octanol–water partition coefficient (Wildman–Crippen LogP) is 5.26. The van der Waals surface area contributed by atoms with Crippen molar-refractivity contribution in [1.82, 2.24) is 4.90 Å². The van der Waals surface area contributed by atoms with Gasteiger partial charge in [-0.15, -0.1) is 12.4 Å². The van der Waals surface area contributed by atoms with Gasteiger partial charge in [-0.1, -0.05) is 49.6 Å². The summed E-state index contributed by atoms with van der Waals surface area (Å²) >= 11 is 0. The molecule has 0 N–H and O–H groups in total. The van der Waals surface area contributed by atoms with Gasteiger partial charge >= 0.3 is 0 Å². The lowest BCUT2D eigenvalue weighted by Crippen LogP contribution is -2.42. The zero-order valence-corrected chi connectivity index (χ0v) is 14.4. The Morgan fingerprint density at radius 3 is 2.24 bits per heavy atom. The third kappa shape index (κ3) is 3.81. The number of nitrogens with zero attached hydrogens (tertiary/aromatic N) is 1. The molecule has 0 saturated heterocycles. The lowest BCUT2D eigenvalue weighted by atomic mass is 9.60. The van der Waals surface area contributed by atoms with Gasteiger partial charge in [0.05, 0.1) is 0 Å². The zero-order chi connectivity index (χ0) is 14.0. The Morgan fingerprint density at radius 1 is 0.952 bits per heavy atom. The summed E-state index contributed by atoms with van der Waals surface area (Å²) in [6, 6.07) is 12.0. The highest BCUT2D eigenvalue weighted by Gasteiger charge is 2.41. The second kappa shape index (κ2) is 7.15. The minimum Gasteiger partial charge on any atom is -0.306 e. The van der Waals surface area contributed by atoms with Gasteiger partial charge in [0.1, 0.15) is 0 Å². The Bertz CT molecular complexity index is 422. The summed E-state index contributed by atoms with van der Waals surface area (Å²) in [5.41, 5.74) is 2.22. The van der Waals surface area contributed by atoms with Gasteiger partial charge in [-0.05, 0) is 63.1 Å². The molecular weight excluding hydrogens is 278 g/mol. The lowest BCUT2D eigenvalue weighted by molar-refractivity contribution is 0.0541. The summed E-state index contributed by atoms with van der Waals surface area (Å²) in [7, 11) is 4.54. The Labute approximate surface area is 136 Å². The van der Waals surface area contributed by atoms with Crippen LogP contribution in [0.1, 0.15) is 62.8 Å². The molecule has 0 aliphatic heterocycles. The summed E-state index contributed by atoms with van der Waals surface area (Å²) in [5.74, 6) is 0.774. The predicted molar refractivity (Wildman–Crippen MR) is 93.3 cm³/mol. The molecule has 3 rings (SSSR count). The van der Waals surface area contributed by atoms with E-state index in [9.17, 15) is 0 Å². The molecule has 0 bridgehead atoms. The molecule has 2 heteroatoms. The minimum absolute atomic E-state index is 0. The normalized spacial score (nSPS) is 28.3. The van der Waals surface area contributed by atoms with E-state index in [0.717, 1.165) is 12.0 Å². The minimum atomic E-state index is 0.